The molecule has 1 aliphatic rings. The van der Waals surface area contributed by atoms with E-state index in [0.29, 0.717) is 18.8 Å². The van der Waals surface area contributed by atoms with Crippen molar-refractivity contribution in [3.63, 3.8) is 0 Å². The molecule has 0 atom stereocenters. The Morgan fingerprint density at radius 1 is 1.18 bits per heavy atom. The topological polar surface area (TPSA) is 52.7 Å². The van der Waals surface area contributed by atoms with Crippen LogP contribution in [-0.2, 0) is 9.59 Å². The Hall–Kier alpha value is -1.40. The van der Waals surface area contributed by atoms with Crippen LogP contribution in [0.25, 0.3) is 0 Å². The number of carbonyl (C=O) groups is 2. The van der Waals surface area contributed by atoms with Gasteiger partial charge in [-0.2, -0.15) is 11.8 Å². The summed E-state index contributed by atoms with van der Waals surface area (Å²) in [4.78, 5) is 27.5. The van der Waals surface area contributed by atoms with E-state index in [1.165, 1.54) is 11.8 Å². The van der Waals surface area contributed by atoms with Gasteiger partial charge in [-0.1, -0.05) is 11.6 Å². The standard InChI is InChI=1S/C15H20ClN3O2S/c1-22-11-14(20)17-10-15(21)19-8-6-18(7-9-19)13-4-2-12(16)3-5-13/h2-5H,6-11H2,1H3,(H,17,20). The smallest absolute Gasteiger partial charge is 0.242 e. The summed E-state index contributed by atoms with van der Waals surface area (Å²) < 4.78 is 0. The van der Waals surface area contributed by atoms with E-state index in [1.54, 1.807) is 4.90 Å². The summed E-state index contributed by atoms with van der Waals surface area (Å²) >= 11 is 7.33. The van der Waals surface area contributed by atoms with Crippen molar-refractivity contribution in [2.24, 2.45) is 0 Å². The molecule has 5 nitrogen and oxygen atoms in total. The Morgan fingerprint density at radius 2 is 1.82 bits per heavy atom. The van der Waals surface area contributed by atoms with Crippen molar-refractivity contribution in [2.75, 3.05) is 49.6 Å². The first-order valence-electron chi connectivity index (χ1n) is 7.14. The second-order valence-corrected chi connectivity index (χ2v) is 6.36. The van der Waals surface area contributed by atoms with Crippen LogP contribution in [0, 0.1) is 0 Å². The summed E-state index contributed by atoms with van der Waals surface area (Å²) in [6.45, 7) is 2.98. The molecule has 0 unspecified atom stereocenters. The van der Waals surface area contributed by atoms with Crippen LogP contribution in [0.5, 0.6) is 0 Å². The maximum absolute atomic E-state index is 12.1. The van der Waals surface area contributed by atoms with Crippen molar-refractivity contribution in [3.05, 3.63) is 29.3 Å². The van der Waals surface area contributed by atoms with Crippen LogP contribution in [0.4, 0.5) is 5.69 Å². The van der Waals surface area contributed by atoms with Gasteiger partial charge in [0.25, 0.3) is 0 Å². The number of thioether (sulfide) groups is 1. The highest BCUT2D eigenvalue weighted by Gasteiger charge is 2.21. The number of nitrogens with zero attached hydrogens (tertiary/aromatic N) is 2. The average Bonchev–Trinajstić information content (AvgIpc) is 2.54. The summed E-state index contributed by atoms with van der Waals surface area (Å²) in [6, 6.07) is 7.72. The minimum Gasteiger partial charge on any atom is -0.368 e. The first kappa shape index (κ1) is 17.0. The van der Waals surface area contributed by atoms with Crippen molar-refractivity contribution in [2.45, 2.75) is 0 Å². The number of anilines is 1. The fourth-order valence-electron chi connectivity index (χ4n) is 2.33. The molecule has 120 valence electrons. The van der Waals surface area contributed by atoms with Crippen LogP contribution in [-0.4, -0.2) is 61.4 Å². The highest BCUT2D eigenvalue weighted by Crippen LogP contribution is 2.19. The van der Waals surface area contributed by atoms with E-state index >= 15 is 0 Å². The van der Waals surface area contributed by atoms with Gasteiger partial charge in [0, 0.05) is 36.9 Å². The van der Waals surface area contributed by atoms with Gasteiger partial charge in [0.15, 0.2) is 0 Å². The van der Waals surface area contributed by atoms with Gasteiger partial charge in [-0.3, -0.25) is 9.59 Å². The molecular weight excluding hydrogens is 322 g/mol. The molecule has 1 heterocycles. The first-order chi connectivity index (χ1) is 10.6. The molecule has 1 N–H and O–H groups in total. The average molecular weight is 342 g/mol. The van der Waals surface area contributed by atoms with E-state index in [2.05, 4.69) is 10.2 Å². The van der Waals surface area contributed by atoms with Crippen LogP contribution < -0.4 is 10.2 Å². The van der Waals surface area contributed by atoms with Crippen molar-refractivity contribution in [1.82, 2.24) is 10.2 Å². The van der Waals surface area contributed by atoms with Gasteiger partial charge in [0.05, 0.1) is 12.3 Å². The first-order valence-corrected chi connectivity index (χ1v) is 8.91. The molecule has 0 aliphatic carbocycles. The lowest BCUT2D eigenvalue weighted by Gasteiger charge is -2.36. The molecular formula is C15H20ClN3O2S. The van der Waals surface area contributed by atoms with E-state index in [0.717, 1.165) is 23.8 Å². The minimum absolute atomic E-state index is 0.0230. The quantitative estimate of drug-likeness (QED) is 0.881. The number of rotatable bonds is 5. The van der Waals surface area contributed by atoms with E-state index in [-0.39, 0.29) is 18.4 Å². The van der Waals surface area contributed by atoms with Gasteiger partial charge in [-0.15, -0.1) is 0 Å². The summed E-state index contributed by atoms with van der Waals surface area (Å²) in [5.74, 6) is 0.267. The van der Waals surface area contributed by atoms with Gasteiger partial charge in [-0.05, 0) is 30.5 Å². The Morgan fingerprint density at radius 3 is 2.41 bits per heavy atom. The second-order valence-electron chi connectivity index (χ2n) is 5.05. The molecule has 0 bridgehead atoms. The number of hydrogen-bond acceptors (Lipinski definition) is 4. The normalized spacial score (nSPS) is 14.8. The molecule has 1 fully saturated rings. The maximum atomic E-state index is 12.1. The summed E-state index contributed by atoms with van der Waals surface area (Å²) in [6.07, 6.45) is 1.86. The predicted octanol–water partition coefficient (Wildman–Crippen LogP) is 1.47. The van der Waals surface area contributed by atoms with Crippen molar-refractivity contribution >= 4 is 40.9 Å². The van der Waals surface area contributed by atoms with E-state index < -0.39 is 0 Å². The van der Waals surface area contributed by atoms with Crippen LogP contribution in [0.1, 0.15) is 0 Å². The van der Waals surface area contributed by atoms with Crippen LogP contribution >= 0.6 is 23.4 Å². The fraction of sp³-hybridized carbons (Fsp3) is 0.467. The third-order valence-electron chi connectivity index (χ3n) is 3.54. The lowest BCUT2D eigenvalue weighted by molar-refractivity contribution is -0.132. The lowest BCUT2D eigenvalue weighted by Crippen LogP contribution is -2.51. The number of hydrogen-bond donors (Lipinski definition) is 1. The van der Waals surface area contributed by atoms with Gasteiger partial charge >= 0.3 is 0 Å². The number of piperazine rings is 1. The lowest BCUT2D eigenvalue weighted by atomic mass is 10.2. The summed E-state index contributed by atoms with van der Waals surface area (Å²) in [7, 11) is 0. The van der Waals surface area contributed by atoms with Crippen molar-refractivity contribution in [1.29, 1.82) is 0 Å². The molecule has 1 aromatic rings. The monoisotopic (exact) mass is 341 g/mol. The van der Waals surface area contributed by atoms with Gasteiger partial charge in [0.1, 0.15) is 0 Å². The molecule has 1 aliphatic heterocycles. The SMILES string of the molecule is CSCC(=O)NCC(=O)N1CCN(c2ccc(Cl)cc2)CC1. The zero-order valence-electron chi connectivity index (χ0n) is 12.5. The van der Waals surface area contributed by atoms with E-state index in [4.69, 9.17) is 11.6 Å². The number of carbonyl (C=O) groups excluding carboxylic acids is 2. The number of amides is 2. The molecule has 22 heavy (non-hydrogen) atoms. The Balaban J connectivity index is 1.78. The Labute approximate surface area is 140 Å². The summed E-state index contributed by atoms with van der Waals surface area (Å²) in [5.41, 5.74) is 1.12. The van der Waals surface area contributed by atoms with E-state index in [1.807, 2.05) is 30.5 Å². The van der Waals surface area contributed by atoms with Crippen molar-refractivity contribution in [3.8, 4) is 0 Å². The zero-order chi connectivity index (χ0) is 15.9. The van der Waals surface area contributed by atoms with Gasteiger partial charge in [-0.25, -0.2) is 0 Å². The summed E-state index contributed by atoms with van der Waals surface area (Å²) in [5, 5.41) is 3.37. The largest absolute Gasteiger partial charge is 0.368 e. The van der Waals surface area contributed by atoms with Crippen molar-refractivity contribution < 1.29 is 9.59 Å². The molecule has 0 spiro atoms. The third-order valence-corrected chi connectivity index (χ3v) is 4.34. The molecule has 0 aromatic heterocycles. The second kappa shape index (κ2) is 8.29. The molecule has 7 heteroatoms. The maximum Gasteiger partial charge on any atom is 0.242 e. The highest BCUT2D eigenvalue weighted by atomic mass is 35.5. The fourth-order valence-corrected chi connectivity index (χ4v) is 2.82. The number of benzene rings is 1. The highest BCUT2D eigenvalue weighted by molar-refractivity contribution is 7.99. The minimum atomic E-state index is -0.0966. The predicted molar refractivity (Wildman–Crippen MR) is 91.6 cm³/mol. The third kappa shape index (κ3) is 4.81. The van der Waals surface area contributed by atoms with Crippen LogP contribution in [0.15, 0.2) is 24.3 Å². The van der Waals surface area contributed by atoms with Gasteiger partial charge < -0.3 is 15.1 Å². The number of nitrogens with one attached hydrogen (secondary N) is 1. The van der Waals surface area contributed by atoms with Crippen LogP contribution in [0.2, 0.25) is 5.02 Å². The van der Waals surface area contributed by atoms with E-state index in [9.17, 15) is 9.59 Å². The Bertz CT molecular complexity index is 516. The molecule has 0 saturated carbocycles. The number of halogens is 1. The Kier molecular flexibility index (Phi) is 6.39. The molecule has 2 amide bonds. The van der Waals surface area contributed by atoms with Gasteiger partial charge in [0.2, 0.25) is 11.8 Å². The molecule has 1 aromatic carbocycles. The molecule has 2 rings (SSSR count). The zero-order valence-corrected chi connectivity index (χ0v) is 14.1. The molecule has 1 saturated heterocycles. The molecule has 0 radical (unpaired) electrons. The van der Waals surface area contributed by atoms with Crippen LogP contribution in [0.3, 0.4) is 0 Å².